The number of carbonyl (C=O) groups is 1. The van der Waals surface area contributed by atoms with Gasteiger partial charge in [0.15, 0.2) is 11.5 Å². The van der Waals surface area contributed by atoms with E-state index in [9.17, 15) is 9.18 Å². The van der Waals surface area contributed by atoms with Crippen LogP contribution in [0.15, 0.2) is 18.3 Å². The van der Waals surface area contributed by atoms with Crippen molar-refractivity contribution < 1.29 is 9.18 Å². The molecule has 1 aromatic heterocycles. The quantitative estimate of drug-likeness (QED) is 0.678. The van der Waals surface area contributed by atoms with Gasteiger partial charge in [-0.1, -0.05) is 0 Å². The van der Waals surface area contributed by atoms with Crippen molar-refractivity contribution in [1.29, 1.82) is 0 Å². The highest BCUT2D eigenvalue weighted by molar-refractivity contribution is 5.92. The number of carbonyl (C=O) groups excluding carboxylic acids is 1. The Balaban J connectivity index is 2.22. The summed E-state index contributed by atoms with van der Waals surface area (Å²) in [6, 6.07) is 2.74. The lowest BCUT2D eigenvalue weighted by Crippen LogP contribution is -2.29. The number of pyridine rings is 1. The van der Waals surface area contributed by atoms with Gasteiger partial charge in [-0.25, -0.2) is 9.37 Å². The van der Waals surface area contributed by atoms with E-state index in [0.717, 1.165) is 25.9 Å². The fourth-order valence-corrected chi connectivity index (χ4v) is 1.61. The largest absolute Gasteiger partial charge is 0.337 e. The van der Waals surface area contributed by atoms with Crippen LogP contribution in [-0.2, 0) is 0 Å². The number of rotatable bonds is 1. The van der Waals surface area contributed by atoms with E-state index in [4.69, 9.17) is 0 Å². The third-order valence-corrected chi connectivity index (χ3v) is 2.35. The molecular formula is C10H11FN2O. The summed E-state index contributed by atoms with van der Waals surface area (Å²) in [5.41, 5.74) is -0.0607. The smallest absolute Gasteiger partial charge is 0.275 e. The molecular weight excluding hydrogens is 183 g/mol. The van der Waals surface area contributed by atoms with Crippen LogP contribution in [0.3, 0.4) is 0 Å². The van der Waals surface area contributed by atoms with Crippen molar-refractivity contribution in [1.82, 2.24) is 9.88 Å². The van der Waals surface area contributed by atoms with E-state index < -0.39 is 5.82 Å². The van der Waals surface area contributed by atoms with Gasteiger partial charge in [-0.3, -0.25) is 4.79 Å². The Kier molecular flexibility index (Phi) is 2.43. The average Bonchev–Trinajstić information content (AvgIpc) is 2.70. The van der Waals surface area contributed by atoms with Gasteiger partial charge >= 0.3 is 0 Å². The van der Waals surface area contributed by atoms with E-state index in [1.165, 1.54) is 18.3 Å². The van der Waals surface area contributed by atoms with E-state index in [1.807, 2.05) is 0 Å². The van der Waals surface area contributed by atoms with E-state index in [-0.39, 0.29) is 11.6 Å². The number of hydrogen-bond acceptors (Lipinski definition) is 2. The van der Waals surface area contributed by atoms with Crippen molar-refractivity contribution in [2.75, 3.05) is 13.1 Å². The number of nitrogens with zero attached hydrogens (tertiary/aromatic N) is 2. The molecule has 0 aromatic carbocycles. The van der Waals surface area contributed by atoms with Crippen LogP contribution in [0, 0.1) is 5.82 Å². The fourth-order valence-electron chi connectivity index (χ4n) is 1.61. The first-order chi connectivity index (χ1) is 6.79. The molecule has 0 N–H and O–H groups in total. The second-order valence-corrected chi connectivity index (χ2v) is 3.33. The molecule has 1 aliphatic rings. The van der Waals surface area contributed by atoms with Crippen LogP contribution >= 0.6 is 0 Å². The van der Waals surface area contributed by atoms with Crippen LogP contribution in [0.25, 0.3) is 0 Å². The van der Waals surface area contributed by atoms with Gasteiger partial charge in [0.25, 0.3) is 5.91 Å². The number of likely N-dealkylation sites (tertiary alicyclic amines) is 1. The molecule has 1 saturated heterocycles. The summed E-state index contributed by atoms with van der Waals surface area (Å²) < 4.78 is 13.2. The number of amides is 1. The number of halogens is 1. The molecule has 3 nitrogen and oxygen atoms in total. The van der Waals surface area contributed by atoms with E-state index >= 15 is 0 Å². The summed E-state index contributed by atoms with van der Waals surface area (Å²) in [5, 5.41) is 0. The third-order valence-electron chi connectivity index (χ3n) is 2.35. The average molecular weight is 194 g/mol. The summed E-state index contributed by atoms with van der Waals surface area (Å²) in [4.78, 5) is 17.1. The summed E-state index contributed by atoms with van der Waals surface area (Å²) in [7, 11) is 0. The molecule has 2 rings (SSSR count). The van der Waals surface area contributed by atoms with Crippen molar-refractivity contribution in [3.8, 4) is 0 Å². The molecule has 1 amide bonds. The molecule has 0 saturated carbocycles. The Morgan fingerprint density at radius 3 is 2.79 bits per heavy atom. The SMILES string of the molecule is O=C(c1ncccc1F)N1CCCC1. The van der Waals surface area contributed by atoms with Gasteiger partial charge in [0, 0.05) is 19.3 Å². The molecule has 1 aromatic rings. The predicted molar refractivity (Wildman–Crippen MR) is 49.3 cm³/mol. The fraction of sp³-hybridized carbons (Fsp3) is 0.400. The molecule has 0 atom stereocenters. The van der Waals surface area contributed by atoms with Gasteiger partial charge in [-0.15, -0.1) is 0 Å². The van der Waals surface area contributed by atoms with Crippen LogP contribution < -0.4 is 0 Å². The second-order valence-electron chi connectivity index (χ2n) is 3.33. The van der Waals surface area contributed by atoms with Crippen molar-refractivity contribution >= 4 is 5.91 Å². The molecule has 0 spiro atoms. The molecule has 2 heterocycles. The summed E-state index contributed by atoms with van der Waals surface area (Å²) in [6.45, 7) is 1.43. The number of aromatic nitrogens is 1. The highest BCUT2D eigenvalue weighted by Gasteiger charge is 2.22. The minimum Gasteiger partial charge on any atom is -0.337 e. The minimum atomic E-state index is -0.538. The molecule has 0 unspecified atom stereocenters. The van der Waals surface area contributed by atoms with Gasteiger partial charge in [0.05, 0.1) is 0 Å². The molecule has 0 radical (unpaired) electrons. The normalized spacial score (nSPS) is 15.9. The van der Waals surface area contributed by atoms with Gasteiger partial charge in [-0.2, -0.15) is 0 Å². The highest BCUT2D eigenvalue weighted by atomic mass is 19.1. The van der Waals surface area contributed by atoms with Crippen LogP contribution in [0.1, 0.15) is 23.3 Å². The van der Waals surface area contributed by atoms with E-state index in [2.05, 4.69) is 4.98 Å². The van der Waals surface area contributed by atoms with Crippen molar-refractivity contribution in [3.63, 3.8) is 0 Å². The Morgan fingerprint density at radius 2 is 2.14 bits per heavy atom. The first-order valence-corrected chi connectivity index (χ1v) is 4.69. The maximum absolute atomic E-state index is 13.2. The molecule has 14 heavy (non-hydrogen) atoms. The van der Waals surface area contributed by atoms with Crippen LogP contribution in [0.4, 0.5) is 4.39 Å². The van der Waals surface area contributed by atoms with Crippen molar-refractivity contribution in [2.24, 2.45) is 0 Å². The Bertz CT molecular complexity index is 348. The van der Waals surface area contributed by atoms with Gasteiger partial charge in [-0.05, 0) is 25.0 Å². The molecule has 0 bridgehead atoms. The minimum absolute atomic E-state index is 0.0607. The van der Waals surface area contributed by atoms with E-state index in [1.54, 1.807) is 4.90 Å². The van der Waals surface area contributed by atoms with Gasteiger partial charge in [0.2, 0.25) is 0 Å². The molecule has 0 aliphatic carbocycles. The van der Waals surface area contributed by atoms with Crippen LogP contribution in [0.2, 0.25) is 0 Å². The predicted octanol–water partition coefficient (Wildman–Crippen LogP) is 1.46. The molecule has 1 aliphatic heterocycles. The van der Waals surface area contributed by atoms with Crippen molar-refractivity contribution in [3.05, 3.63) is 29.8 Å². The Morgan fingerprint density at radius 1 is 1.43 bits per heavy atom. The zero-order valence-electron chi connectivity index (χ0n) is 7.74. The first-order valence-electron chi connectivity index (χ1n) is 4.69. The van der Waals surface area contributed by atoms with Crippen LogP contribution in [0.5, 0.6) is 0 Å². The third kappa shape index (κ3) is 1.60. The zero-order valence-corrected chi connectivity index (χ0v) is 7.74. The zero-order chi connectivity index (χ0) is 9.97. The van der Waals surface area contributed by atoms with Crippen LogP contribution in [-0.4, -0.2) is 28.9 Å². The monoisotopic (exact) mass is 194 g/mol. The Hall–Kier alpha value is -1.45. The lowest BCUT2D eigenvalue weighted by atomic mass is 10.3. The summed E-state index contributed by atoms with van der Waals surface area (Å²) in [6.07, 6.45) is 3.44. The van der Waals surface area contributed by atoms with E-state index in [0.29, 0.717) is 0 Å². The topological polar surface area (TPSA) is 33.2 Å². The van der Waals surface area contributed by atoms with Crippen molar-refractivity contribution in [2.45, 2.75) is 12.8 Å². The molecule has 4 heteroatoms. The van der Waals surface area contributed by atoms with Gasteiger partial charge in [0.1, 0.15) is 0 Å². The van der Waals surface area contributed by atoms with Gasteiger partial charge < -0.3 is 4.90 Å². The maximum Gasteiger partial charge on any atom is 0.275 e. The number of hydrogen-bond donors (Lipinski definition) is 0. The molecule has 1 fully saturated rings. The summed E-state index contributed by atoms with van der Waals surface area (Å²) >= 11 is 0. The second kappa shape index (κ2) is 3.74. The standard InChI is InChI=1S/C10H11FN2O/c11-8-4-3-5-12-9(8)10(14)13-6-1-2-7-13/h3-5H,1-2,6-7H2. The summed E-state index contributed by atoms with van der Waals surface area (Å²) in [5.74, 6) is -0.829. The maximum atomic E-state index is 13.2. The Labute approximate surface area is 81.6 Å². The lowest BCUT2D eigenvalue weighted by Gasteiger charge is -2.14. The lowest BCUT2D eigenvalue weighted by molar-refractivity contribution is 0.0782. The highest BCUT2D eigenvalue weighted by Crippen LogP contribution is 2.13. The molecule has 74 valence electrons. The first kappa shape index (κ1) is 9.12.